The molecule has 20 heteroatoms. The molecule has 18 nitrogen and oxygen atoms in total. The molecule has 0 bridgehead atoms. The van der Waals surface area contributed by atoms with E-state index in [1.807, 2.05) is 0 Å². The van der Waals surface area contributed by atoms with Crippen molar-refractivity contribution in [1.29, 1.82) is 0 Å². The summed E-state index contributed by atoms with van der Waals surface area (Å²) in [6.07, 6.45) is -19.4. The lowest BCUT2D eigenvalue weighted by Crippen LogP contribution is -2.67. The van der Waals surface area contributed by atoms with Crippen molar-refractivity contribution < 1.29 is 79.8 Å². The molecule has 1 unspecified atom stereocenters. The van der Waals surface area contributed by atoms with Gasteiger partial charge in [-0.25, -0.2) is 8.98 Å². The smallest absolute Gasteiger partial charge is 0.397 e. The van der Waals surface area contributed by atoms with E-state index < -0.39 is 94.6 Å². The minimum atomic E-state index is -5.35. The van der Waals surface area contributed by atoms with E-state index in [1.165, 1.54) is 4.72 Å². The summed E-state index contributed by atoms with van der Waals surface area (Å²) in [6, 6.07) is -2.02. The molecule has 0 radical (unpaired) electrons. The topological polar surface area (TPSA) is 296 Å². The second-order valence-electron chi connectivity index (χ2n) is 6.69. The van der Waals surface area contributed by atoms with E-state index in [0.29, 0.717) is 0 Å². The van der Waals surface area contributed by atoms with Crippen LogP contribution in [0.4, 0.5) is 0 Å². The van der Waals surface area contributed by atoms with Gasteiger partial charge in [-0.1, -0.05) is 0 Å². The first-order valence-electron chi connectivity index (χ1n) is 8.48. The molecule has 0 aliphatic carbocycles. The lowest BCUT2D eigenvalue weighted by atomic mass is 9.96. The zero-order chi connectivity index (χ0) is 24.6. The second kappa shape index (κ2) is 10.0. The Balaban J connectivity index is 2.38. The molecule has 188 valence electrons. The molecule has 0 aromatic heterocycles. The van der Waals surface area contributed by atoms with Gasteiger partial charge in [0.15, 0.2) is 24.8 Å². The molecular formula is C12H21NO17S2. The number of ether oxygens (including phenoxy) is 3. The predicted octanol–water partition coefficient (Wildman–Crippen LogP) is -6.08. The fraction of sp³-hybridized carbons (Fsp3) is 0.917. The molecule has 9 N–H and O–H groups in total. The molecule has 0 saturated carbocycles. The third kappa shape index (κ3) is 6.48. The van der Waals surface area contributed by atoms with Crippen molar-refractivity contribution in [3.8, 4) is 0 Å². The summed E-state index contributed by atoms with van der Waals surface area (Å²) < 4.78 is 82.6. The summed E-state index contributed by atoms with van der Waals surface area (Å²) in [7, 11) is -10.4. The van der Waals surface area contributed by atoms with Crippen LogP contribution in [0.15, 0.2) is 0 Å². The zero-order valence-corrected chi connectivity index (χ0v) is 17.2. The Morgan fingerprint density at radius 3 is 2.00 bits per heavy atom. The summed E-state index contributed by atoms with van der Waals surface area (Å²) >= 11 is 0. The van der Waals surface area contributed by atoms with E-state index in [0.717, 1.165) is 0 Å². The maximum absolute atomic E-state index is 11.3. The average Bonchev–Trinajstić information content (AvgIpc) is 2.64. The summed E-state index contributed by atoms with van der Waals surface area (Å²) in [5.41, 5.74) is 0. The molecule has 2 saturated heterocycles. The Morgan fingerprint density at radius 2 is 1.53 bits per heavy atom. The van der Waals surface area contributed by atoms with E-state index in [9.17, 15) is 47.2 Å². The van der Waals surface area contributed by atoms with Crippen LogP contribution in [0.1, 0.15) is 0 Å². The van der Waals surface area contributed by atoms with Gasteiger partial charge in [-0.3, -0.25) is 9.11 Å². The molecule has 2 rings (SSSR count). The number of carbonyl (C=O) groups is 1. The highest BCUT2D eigenvalue weighted by Gasteiger charge is 2.54. The summed E-state index contributed by atoms with van der Waals surface area (Å²) in [5, 5.41) is 58.7. The average molecular weight is 515 g/mol. The van der Waals surface area contributed by atoms with Crippen molar-refractivity contribution >= 4 is 26.7 Å². The molecule has 2 aliphatic rings. The quantitative estimate of drug-likeness (QED) is 0.136. The highest BCUT2D eigenvalue weighted by atomic mass is 32.3. The summed E-state index contributed by atoms with van der Waals surface area (Å²) in [5.74, 6) is -1.85. The lowest BCUT2D eigenvalue weighted by molar-refractivity contribution is -0.336. The van der Waals surface area contributed by atoms with Gasteiger partial charge >= 0.3 is 26.7 Å². The molecule has 0 aromatic carbocycles. The molecule has 2 aliphatic heterocycles. The number of aliphatic hydroxyl groups excluding tert-OH is 5. The molecule has 0 amide bonds. The van der Waals surface area contributed by atoms with Crippen LogP contribution >= 0.6 is 0 Å². The lowest BCUT2D eigenvalue weighted by Gasteiger charge is -2.46. The highest BCUT2D eigenvalue weighted by Crippen LogP contribution is 2.30. The van der Waals surface area contributed by atoms with Crippen molar-refractivity contribution in [2.45, 2.75) is 61.3 Å². The van der Waals surface area contributed by atoms with Crippen molar-refractivity contribution in [1.82, 2.24) is 4.72 Å². The van der Waals surface area contributed by atoms with Crippen LogP contribution < -0.4 is 4.72 Å². The Labute approximate surface area is 179 Å². The number of hydrogen-bond acceptors (Lipinski definition) is 14. The van der Waals surface area contributed by atoms with E-state index in [4.69, 9.17) is 28.4 Å². The number of rotatable bonds is 8. The first-order valence-corrected chi connectivity index (χ1v) is 11.3. The van der Waals surface area contributed by atoms with Gasteiger partial charge < -0.3 is 44.8 Å². The number of carboxylic acids is 1. The van der Waals surface area contributed by atoms with Gasteiger partial charge in [0.2, 0.25) is 0 Å². The van der Waals surface area contributed by atoms with Gasteiger partial charge in [0.25, 0.3) is 0 Å². The number of nitrogens with one attached hydrogen (secondary N) is 1. The number of carboxylic acid groups (broad SMARTS) is 1. The van der Waals surface area contributed by atoms with Crippen LogP contribution in [-0.2, 0) is 43.9 Å². The molecule has 10 atom stereocenters. The van der Waals surface area contributed by atoms with Crippen LogP contribution in [0.2, 0.25) is 0 Å². The molecule has 0 aromatic rings. The Kier molecular flexibility index (Phi) is 8.50. The van der Waals surface area contributed by atoms with Crippen LogP contribution in [0, 0.1) is 0 Å². The fourth-order valence-electron chi connectivity index (χ4n) is 3.10. The minimum Gasteiger partial charge on any atom is -0.479 e. The summed E-state index contributed by atoms with van der Waals surface area (Å²) in [4.78, 5) is 11.3. The predicted molar refractivity (Wildman–Crippen MR) is 92.0 cm³/mol. The highest BCUT2D eigenvalue weighted by molar-refractivity contribution is 7.83. The van der Waals surface area contributed by atoms with Crippen molar-refractivity contribution in [3.63, 3.8) is 0 Å². The summed E-state index contributed by atoms with van der Waals surface area (Å²) in [6.45, 7) is -1.01. The maximum atomic E-state index is 11.3. The molecule has 2 heterocycles. The van der Waals surface area contributed by atoms with E-state index in [-0.39, 0.29) is 0 Å². The largest absolute Gasteiger partial charge is 0.479 e. The fourth-order valence-corrected chi connectivity index (χ4v) is 4.18. The van der Waals surface area contributed by atoms with Gasteiger partial charge in [0.1, 0.15) is 36.6 Å². The van der Waals surface area contributed by atoms with Crippen LogP contribution in [0.3, 0.4) is 0 Å². The number of hydrogen-bond donors (Lipinski definition) is 9. The SMILES string of the molecule is O=C(O)[C@H]1O[C@@H](O[C@H]2[C@H](O)[C@@H](NS(=O)(=O)O)C(O)O[C@@H]2CO)[C@H](OS(=O)(=O)O)[C@@H](O)[C@@H]1O. The van der Waals surface area contributed by atoms with Crippen molar-refractivity contribution in [3.05, 3.63) is 0 Å². The van der Waals surface area contributed by atoms with Crippen molar-refractivity contribution in [2.75, 3.05) is 6.61 Å². The Morgan fingerprint density at radius 1 is 0.938 bits per heavy atom. The Hall–Kier alpha value is -1.11. The van der Waals surface area contributed by atoms with Gasteiger partial charge in [-0.15, -0.1) is 0 Å². The molecule has 2 fully saturated rings. The maximum Gasteiger partial charge on any atom is 0.397 e. The van der Waals surface area contributed by atoms with Crippen LogP contribution in [0.5, 0.6) is 0 Å². The number of aliphatic hydroxyl groups is 5. The minimum absolute atomic E-state index is 1.01. The third-order valence-electron chi connectivity index (χ3n) is 4.47. The van der Waals surface area contributed by atoms with E-state index in [2.05, 4.69) is 4.18 Å². The van der Waals surface area contributed by atoms with Gasteiger partial charge in [-0.05, 0) is 0 Å². The van der Waals surface area contributed by atoms with Crippen LogP contribution in [-0.4, -0.2) is 131 Å². The monoisotopic (exact) mass is 515 g/mol. The van der Waals surface area contributed by atoms with Gasteiger partial charge in [-0.2, -0.15) is 21.6 Å². The first-order chi connectivity index (χ1) is 14.6. The molecule has 32 heavy (non-hydrogen) atoms. The zero-order valence-electron chi connectivity index (χ0n) is 15.5. The standard InChI is InChI=1S/C12H21NO17S2/c14-1-2-7(4(15)3(11(20)27-2)13-31(21,22)23)28-12-9(30-32(24,25)26)6(17)5(16)8(29-12)10(18)19/h2-9,11-17,20H,1H2,(H,18,19)(H,21,22,23)(H,24,25,26)/t2-,3-,4-,5+,6+,7-,8+,9-,11?,12-/m1/s1. The normalized spacial score (nSPS) is 41.3. The molecule has 0 spiro atoms. The van der Waals surface area contributed by atoms with Crippen LogP contribution in [0.25, 0.3) is 0 Å². The first kappa shape index (κ1) is 27.1. The van der Waals surface area contributed by atoms with Gasteiger partial charge in [0, 0.05) is 0 Å². The Bertz CT molecular complexity index is 878. The third-order valence-corrected chi connectivity index (χ3v) is 5.51. The van der Waals surface area contributed by atoms with Gasteiger partial charge in [0.05, 0.1) is 6.61 Å². The number of aliphatic carboxylic acids is 1. The van der Waals surface area contributed by atoms with E-state index in [1.54, 1.807) is 0 Å². The molecular weight excluding hydrogens is 494 g/mol. The van der Waals surface area contributed by atoms with E-state index >= 15 is 0 Å². The van der Waals surface area contributed by atoms with Crippen molar-refractivity contribution in [2.24, 2.45) is 0 Å². The second-order valence-corrected chi connectivity index (χ2v) is 8.92.